The molecule has 1 aliphatic rings. The van der Waals surface area contributed by atoms with Gasteiger partial charge in [-0.2, -0.15) is 11.8 Å². The van der Waals surface area contributed by atoms with Gasteiger partial charge in [-0.3, -0.25) is 10.3 Å². The maximum absolute atomic E-state index is 7.56. The SMILES string of the molecule is COc1cc(CN2CCSC(C)(C)CC2)ccc1C(=N)N. The maximum atomic E-state index is 7.56. The van der Waals surface area contributed by atoms with E-state index in [4.69, 9.17) is 15.9 Å². The van der Waals surface area contributed by atoms with Gasteiger partial charge in [0.05, 0.1) is 12.7 Å². The summed E-state index contributed by atoms with van der Waals surface area (Å²) in [5, 5.41) is 7.56. The molecule has 1 fully saturated rings. The van der Waals surface area contributed by atoms with Gasteiger partial charge >= 0.3 is 0 Å². The second kappa shape index (κ2) is 6.71. The summed E-state index contributed by atoms with van der Waals surface area (Å²) in [7, 11) is 1.62. The fourth-order valence-corrected chi connectivity index (χ4v) is 3.67. The van der Waals surface area contributed by atoms with E-state index >= 15 is 0 Å². The van der Waals surface area contributed by atoms with E-state index in [9.17, 15) is 0 Å². The summed E-state index contributed by atoms with van der Waals surface area (Å²) in [6.45, 7) is 7.81. The van der Waals surface area contributed by atoms with Crippen molar-refractivity contribution >= 4 is 17.6 Å². The molecule has 0 amide bonds. The molecule has 0 radical (unpaired) electrons. The first kappa shape index (κ1) is 16.2. The highest BCUT2D eigenvalue weighted by Crippen LogP contribution is 2.31. The molecule has 1 heterocycles. The summed E-state index contributed by atoms with van der Waals surface area (Å²) in [5.74, 6) is 1.91. The Labute approximate surface area is 131 Å². The van der Waals surface area contributed by atoms with Gasteiger partial charge in [0.25, 0.3) is 0 Å². The van der Waals surface area contributed by atoms with Crippen LogP contribution in [0.2, 0.25) is 0 Å². The molecule has 2 rings (SSSR count). The molecule has 0 aromatic heterocycles. The van der Waals surface area contributed by atoms with Gasteiger partial charge in [0, 0.05) is 23.6 Å². The fourth-order valence-electron chi connectivity index (χ4n) is 2.54. The summed E-state index contributed by atoms with van der Waals surface area (Å²) < 4.78 is 5.73. The number of benzene rings is 1. The standard InChI is InChI=1S/C16H25N3OS/c1-16(2)6-7-19(8-9-21-16)11-12-4-5-13(15(17)18)14(10-12)20-3/h4-5,10H,6-9,11H2,1-3H3,(H3,17,18). The number of nitrogens with one attached hydrogen (secondary N) is 1. The van der Waals surface area contributed by atoms with Gasteiger partial charge in [-0.15, -0.1) is 0 Å². The first-order valence-electron chi connectivity index (χ1n) is 7.29. The average Bonchev–Trinajstić information content (AvgIpc) is 2.60. The normalized spacial score (nSPS) is 19.0. The topological polar surface area (TPSA) is 62.3 Å². The van der Waals surface area contributed by atoms with Crippen molar-refractivity contribution in [1.82, 2.24) is 4.90 Å². The van der Waals surface area contributed by atoms with Crippen molar-refractivity contribution < 1.29 is 4.74 Å². The molecule has 21 heavy (non-hydrogen) atoms. The van der Waals surface area contributed by atoms with E-state index in [1.54, 1.807) is 7.11 Å². The monoisotopic (exact) mass is 307 g/mol. The van der Waals surface area contributed by atoms with E-state index in [1.165, 1.54) is 17.7 Å². The van der Waals surface area contributed by atoms with Crippen molar-refractivity contribution in [2.75, 3.05) is 26.0 Å². The number of nitrogens with two attached hydrogens (primary N) is 1. The van der Waals surface area contributed by atoms with Crippen LogP contribution < -0.4 is 10.5 Å². The quantitative estimate of drug-likeness (QED) is 0.663. The fraction of sp³-hybridized carbons (Fsp3) is 0.562. The van der Waals surface area contributed by atoms with Crippen molar-refractivity contribution in [3.63, 3.8) is 0 Å². The van der Waals surface area contributed by atoms with Crippen molar-refractivity contribution in [1.29, 1.82) is 5.41 Å². The second-order valence-electron chi connectivity index (χ2n) is 6.08. The zero-order chi connectivity index (χ0) is 15.5. The largest absolute Gasteiger partial charge is 0.496 e. The minimum absolute atomic E-state index is 0.0475. The highest BCUT2D eigenvalue weighted by atomic mass is 32.2. The van der Waals surface area contributed by atoms with Crippen LogP contribution in [0.3, 0.4) is 0 Å². The third-order valence-electron chi connectivity index (χ3n) is 3.89. The van der Waals surface area contributed by atoms with E-state index in [-0.39, 0.29) is 5.84 Å². The number of nitrogens with zero attached hydrogens (tertiary/aromatic N) is 1. The Morgan fingerprint density at radius 3 is 2.86 bits per heavy atom. The van der Waals surface area contributed by atoms with Crippen LogP contribution in [-0.4, -0.2) is 41.4 Å². The predicted octanol–water partition coefficient (Wildman–Crippen LogP) is 2.70. The minimum Gasteiger partial charge on any atom is -0.496 e. The summed E-state index contributed by atoms with van der Waals surface area (Å²) in [6.07, 6.45) is 1.21. The van der Waals surface area contributed by atoms with E-state index in [2.05, 4.69) is 30.5 Å². The number of methoxy groups -OCH3 is 1. The van der Waals surface area contributed by atoms with E-state index in [0.717, 1.165) is 19.6 Å². The number of ether oxygens (including phenoxy) is 1. The van der Waals surface area contributed by atoms with E-state index in [1.807, 2.05) is 18.2 Å². The Kier molecular flexibility index (Phi) is 5.17. The van der Waals surface area contributed by atoms with Gasteiger partial charge in [0.1, 0.15) is 11.6 Å². The lowest BCUT2D eigenvalue weighted by molar-refractivity contribution is 0.276. The average molecular weight is 307 g/mol. The third-order valence-corrected chi connectivity index (χ3v) is 5.26. The van der Waals surface area contributed by atoms with Crippen LogP contribution in [0.15, 0.2) is 18.2 Å². The smallest absolute Gasteiger partial charge is 0.130 e. The molecule has 0 spiro atoms. The molecule has 5 heteroatoms. The van der Waals surface area contributed by atoms with Gasteiger partial charge in [0.15, 0.2) is 0 Å². The summed E-state index contributed by atoms with van der Waals surface area (Å²) >= 11 is 2.06. The number of nitrogen functional groups attached to an aromatic ring is 1. The Hall–Kier alpha value is -1.20. The maximum Gasteiger partial charge on any atom is 0.130 e. The summed E-state index contributed by atoms with van der Waals surface area (Å²) in [4.78, 5) is 2.49. The molecule has 1 aromatic rings. The minimum atomic E-state index is 0.0475. The molecule has 1 aliphatic heterocycles. The molecule has 4 nitrogen and oxygen atoms in total. The van der Waals surface area contributed by atoms with Crippen LogP contribution in [0.1, 0.15) is 31.4 Å². The van der Waals surface area contributed by atoms with Crippen molar-refractivity contribution in [2.45, 2.75) is 31.6 Å². The van der Waals surface area contributed by atoms with E-state index in [0.29, 0.717) is 16.1 Å². The van der Waals surface area contributed by atoms with Crippen molar-refractivity contribution in [2.24, 2.45) is 5.73 Å². The van der Waals surface area contributed by atoms with Gasteiger partial charge in [0.2, 0.25) is 0 Å². The summed E-state index contributed by atoms with van der Waals surface area (Å²) in [5.41, 5.74) is 7.44. The van der Waals surface area contributed by atoms with Gasteiger partial charge in [-0.1, -0.05) is 19.9 Å². The zero-order valence-electron chi connectivity index (χ0n) is 13.1. The van der Waals surface area contributed by atoms with Gasteiger partial charge in [-0.05, 0) is 30.7 Å². The molecule has 0 bridgehead atoms. The number of hydrogen-bond acceptors (Lipinski definition) is 4. The van der Waals surface area contributed by atoms with Crippen molar-refractivity contribution in [3.8, 4) is 5.75 Å². The number of hydrogen-bond donors (Lipinski definition) is 2. The molecule has 0 atom stereocenters. The molecule has 1 saturated heterocycles. The molecule has 1 aromatic carbocycles. The lowest BCUT2D eigenvalue weighted by atomic mass is 10.1. The highest BCUT2D eigenvalue weighted by Gasteiger charge is 2.23. The lowest BCUT2D eigenvalue weighted by Gasteiger charge is -2.23. The molecule has 3 N–H and O–H groups in total. The van der Waals surface area contributed by atoms with Crippen LogP contribution in [0.5, 0.6) is 5.75 Å². The highest BCUT2D eigenvalue weighted by molar-refractivity contribution is 8.00. The van der Waals surface area contributed by atoms with Crippen LogP contribution in [0, 0.1) is 5.41 Å². The van der Waals surface area contributed by atoms with Crippen LogP contribution in [-0.2, 0) is 6.54 Å². The molecule has 116 valence electrons. The van der Waals surface area contributed by atoms with Crippen LogP contribution in [0.25, 0.3) is 0 Å². The number of thioether (sulfide) groups is 1. The number of rotatable bonds is 4. The molecular weight excluding hydrogens is 282 g/mol. The molecular formula is C16H25N3OS. The first-order chi connectivity index (χ1) is 9.91. The van der Waals surface area contributed by atoms with Crippen LogP contribution >= 0.6 is 11.8 Å². The summed E-state index contributed by atoms with van der Waals surface area (Å²) in [6, 6.07) is 5.93. The third kappa shape index (κ3) is 4.38. The number of amidine groups is 1. The lowest BCUT2D eigenvalue weighted by Crippen LogP contribution is -2.26. The van der Waals surface area contributed by atoms with Crippen LogP contribution in [0.4, 0.5) is 0 Å². The van der Waals surface area contributed by atoms with Crippen molar-refractivity contribution in [3.05, 3.63) is 29.3 Å². The second-order valence-corrected chi connectivity index (χ2v) is 7.88. The Bertz CT molecular complexity index is 516. The Morgan fingerprint density at radius 1 is 1.43 bits per heavy atom. The molecule has 0 aliphatic carbocycles. The predicted molar refractivity (Wildman–Crippen MR) is 90.4 cm³/mol. The zero-order valence-corrected chi connectivity index (χ0v) is 13.9. The first-order valence-corrected chi connectivity index (χ1v) is 8.27. The Balaban J connectivity index is 2.07. The van der Waals surface area contributed by atoms with Gasteiger partial charge < -0.3 is 10.5 Å². The van der Waals surface area contributed by atoms with E-state index < -0.39 is 0 Å². The van der Waals surface area contributed by atoms with Gasteiger partial charge in [-0.25, -0.2) is 0 Å². The molecule has 0 unspecified atom stereocenters. The Morgan fingerprint density at radius 2 is 2.19 bits per heavy atom. The molecule has 0 saturated carbocycles.